The van der Waals surface area contributed by atoms with E-state index in [1.807, 2.05) is 18.2 Å². The summed E-state index contributed by atoms with van der Waals surface area (Å²) < 4.78 is 0. The van der Waals surface area contributed by atoms with E-state index in [4.69, 9.17) is 23.2 Å². The molecule has 1 atom stereocenters. The van der Waals surface area contributed by atoms with Crippen LogP contribution in [0.5, 0.6) is 0 Å². The second-order valence-corrected chi connectivity index (χ2v) is 8.97. The van der Waals surface area contributed by atoms with Gasteiger partial charge in [-0.05, 0) is 68.9 Å². The van der Waals surface area contributed by atoms with Crippen LogP contribution >= 0.6 is 34.5 Å². The van der Waals surface area contributed by atoms with Gasteiger partial charge in [-0.15, -0.1) is 11.3 Å². The first-order chi connectivity index (χ1) is 12.5. The highest BCUT2D eigenvalue weighted by atomic mass is 35.5. The molecule has 1 unspecified atom stereocenters. The Morgan fingerprint density at radius 1 is 1.15 bits per heavy atom. The molecule has 0 radical (unpaired) electrons. The third-order valence-electron chi connectivity index (χ3n) is 5.66. The van der Waals surface area contributed by atoms with E-state index in [0.29, 0.717) is 10.0 Å². The molecule has 2 aliphatic heterocycles. The maximum atomic E-state index is 13.2. The van der Waals surface area contributed by atoms with Crippen molar-refractivity contribution in [2.24, 2.45) is 0 Å². The highest BCUT2D eigenvalue weighted by Gasteiger charge is 2.48. The van der Waals surface area contributed by atoms with Crippen molar-refractivity contribution in [2.45, 2.75) is 31.7 Å². The third kappa shape index (κ3) is 2.97. The lowest BCUT2D eigenvalue weighted by molar-refractivity contribution is -0.123. The number of benzene rings is 1. The van der Waals surface area contributed by atoms with E-state index in [9.17, 15) is 4.79 Å². The van der Waals surface area contributed by atoms with Gasteiger partial charge in [-0.25, -0.2) is 0 Å². The summed E-state index contributed by atoms with van der Waals surface area (Å²) in [4.78, 5) is 19.2. The van der Waals surface area contributed by atoms with Crippen LogP contribution in [0.3, 0.4) is 0 Å². The minimum atomic E-state index is -0.658. The van der Waals surface area contributed by atoms with Crippen molar-refractivity contribution in [1.29, 1.82) is 0 Å². The first kappa shape index (κ1) is 18.3. The normalized spacial score (nSPS) is 23.3. The fourth-order valence-corrected chi connectivity index (χ4v) is 5.61. The van der Waals surface area contributed by atoms with Gasteiger partial charge in [0.25, 0.3) is 0 Å². The van der Waals surface area contributed by atoms with Gasteiger partial charge >= 0.3 is 0 Å². The van der Waals surface area contributed by atoms with Crippen LogP contribution in [0.2, 0.25) is 10.0 Å². The van der Waals surface area contributed by atoms with E-state index in [-0.39, 0.29) is 5.78 Å². The van der Waals surface area contributed by atoms with Crippen molar-refractivity contribution in [3.05, 3.63) is 50.1 Å². The average Bonchev–Trinajstić information content (AvgIpc) is 3.29. The molecule has 2 aromatic rings. The predicted octanol–water partition coefficient (Wildman–Crippen LogP) is 5.00. The van der Waals surface area contributed by atoms with Gasteiger partial charge in [-0.2, -0.15) is 0 Å². The maximum absolute atomic E-state index is 13.2. The molecule has 0 amide bonds. The van der Waals surface area contributed by atoms with Crippen molar-refractivity contribution in [3.63, 3.8) is 0 Å². The molecule has 0 spiro atoms. The van der Waals surface area contributed by atoms with E-state index < -0.39 is 5.54 Å². The molecular weight excluding hydrogens is 387 g/mol. The van der Waals surface area contributed by atoms with Crippen molar-refractivity contribution < 1.29 is 4.79 Å². The van der Waals surface area contributed by atoms with E-state index in [0.717, 1.165) is 38.3 Å². The van der Waals surface area contributed by atoms with Crippen LogP contribution < -0.4 is 4.90 Å². The average molecular weight is 409 g/mol. The Morgan fingerprint density at radius 3 is 2.62 bits per heavy atom. The number of likely N-dealkylation sites (tertiary alicyclic amines) is 1. The summed E-state index contributed by atoms with van der Waals surface area (Å²) in [6, 6.07) is 7.83. The summed E-state index contributed by atoms with van der Waals surface area (Å²) in [5.41, 5.74) is 1.47. The van der Waals surface area contributed by atoms with Gasteiger partial charge in [0.15, 0.2) is 5.78 Å². The number of rotatable bonds is 4. The first-order valence-corrected chi connectivity index (χ1v) is 10.7. The summed E-state index contributed by atoms with van der Waals surface area (Å²) in [5, 5.41) is 3.18. The van der Waals surface area contributed by atoms with Crippen LogP contribution in [0.25, 0.3) is 0 Å². The fraction of sp³-hybridized carbons (Fsp3) is 0.450. The zero-order chi connectivity index (χ0) is 18.3. The fourth-order valence-electron chi connectivity index (χ4n) is 4.38. The van der Waals surface area contributed by atoms with E-state index in [1.54, 1.807) is 18.3 Å². The topological polar surface area (TPSA) is 23.6 Å². The molecule has 1 aromatic carbocycles. The Balaban J connectivity index is 1.85. The smallest absolute Gasteiger partial charge is 0.161 e. The number of nitrogens with zero attached hydrogens (tertiary/aromatic N) is 2. The number of hydrogen-bond acceptors (Lipinski definition) is 4. The van der Waals surface area contributed by atoms with Gasteiger partial charge in [-0.1, -0.05) is 23.2 Å². The van der Waals surface area contributed by atoms with E-state index in [2.05, 4.69) is 21.2 Å². The standard InChI is InChI=1S/C20H22Cl2N2OS/c1-14(25)20(13-23-8-2-3-9-23)16-7-11-26-19(16)6-10-24(20)15-4-5-17(21)18(22)12-15/h4-5,7,11-12H,2-3,6,8-10,13H2,1H3. The Bertz CT molecular complexity index is 831. The number of hydrogen-bond donors (Lipinski definition) is 0. The maximum Gasteiger partial charge on any atom is 0.161 e. The van der Waals surface area contributed by atoms with Gasteiger partial charge in [-0.3, -0.25) is 4.79 Å². The number of carbonyl (C=O) groups is 1. The highest BCUT2D eigenvalue weighted by Crippen LogP contribution is 2.43. The lowest BCUT2D eigenvalue weighted by atomic mass is 9.80. The van der Waals surface area contributed by atoms with Crippen LogP contribution in [0.1, 0.15) is 30.2 Å². The largest absolute Gasteiger partial charge is 0.354 e. The summed E-state index contributed by atoms with van der Waals surface area (Å²) in [5.74, 6) is 0.190. The second kappa shape index (κ2) is 7.16. The number of thiophene rings is 1. The van der Waals surface area contributed by atoms with Crippen molar-refractivity contribution in [1.82, 2.24) is 4.90 Å². The van der Waals surface area contributed by atoms with Crippen molar-refractivity contribution >= 4 is 46.0 Å². The van der Waals surface area contributed by atoms with Gasteiger partial charge in [0.05, 0.1) is 10.0 Å². The second-order valence-electron chi connectivity index (χ2n) is 7.16. The molecule has 3 nitrogen and oxygen atoms in total. The first-order valence-electron chi connectivity index (χ1n) is 9.05. The Morgan fingerprint density at radius 2 is 1.92 bits per heavy atom. The summed E-state index contributed by atoms with van der Waals surface area (Å²) in [6.45, 7) is 5.38. The SMILES string of the molecule is CC(=O)C1(CN2CCCC2)c2ccsc2CCN1c1ccc(Cl)c(Cl)c1. The molecule has 1 aromatic heterocycles. The number of Topliss-reactive ketones (excluding diaryl/α,β-unsaturated/α-hetero) is 1. The molecule has 4 rings (SSSR count). The van der Waals surface area contributed by atoms with Crippen molar-refractivity contribution in [3.8, 4) is 0 Å². The lowest BCUT2D eigenvalue weighted by Gasteiger charge is -2.48. The van der Waals surface area contributed by atoms with Gasteiger partial charge in [0.1, 0.15) is 5.54 Å². The molecule has 138 valence electrons. The molecule has 2 aliphatic rings. The number of carbonyl (C=O) groups excluding carboxylic acids is 1. The number of anilines is 1. The zero-order valence-electron chi connectivity index (χ0n) is 14.8. The third-order valence-corrected chi connectivity index (χ3v) is 7.38. The van der Waals surface area contributed by atoms with Gasteiger partial charge in [0.2, 0.25) is 0 Å². The van der Waals surface area contributed by atoms with Crippen LogP contribution in [0.15, 0.2) is 29.6 Å². The van der Waals surface area contributed by atoms with Crippen LogP contribution in [-0.2, 0) is 16.8 Å². The summed E-state index contributed by atoms with van der Waals surface area (Å²) in [7, 11) is 0. The number of halogens is 2. The van der Waals surface area contributed by atoms with Gasteiger partial charge in [0, 0.05) is 29.2 Å². The molecule has 26 heavy (non-hydrogen) atoms. The molecule has 1 saturated heterocycles. The Labute approximate surface area is 168 Å². The Kier molecular flexibility index (Phi) is 5.04. The number of fused-ring (bicyclic) bond motifs is 1. The molecular formula is C20H22Cl2N2OS. The van der Waals surface area contributed by atoms with Crippen LogP contribution in [0, 0.1) is 0 Å². The van der Waals surface area contributed by atoms with Crippen LogP contribution in [0.4, 0.5) is 5.69 Å². The quantitative estimate of drug-likeness (QED) is 0.710. The minimum absolute atomic E-state index is 0.190. The van der Waals surface area contributed by atoms with Crippen LogP contribution in [-0.4, -0.2) is 36.9 Å². The Hall–Kier alpha value is -1.07. The summed E-state index contributed by atoms with van der Waals surface area (Å²) in [6.07, 6.45) is 3.36. The monoisotopic (exact) mass is 408 g/mol. The molecule has 0 saturated carbocycles. The molecule has 0 bridgehead atoms. The molecule has 3 heterocycles. The predicted molar refractivity (Wildman–Crippen MR) is 110 cm³/mol. The van der Waals surface area contributed by atoms with E-state index in [1.165, 1.54) is 23.3 Å². The highest BCUT2D eigenvalue weighted by molar-refractivity contribution is 7.10. The van der Waals surface area contributed by atoms with Crippen molar-refractivity contribution in [2.75, 3.05) is 31.1 Å². The lowest BCUT2D eigenvalue weighted by Crippen LogP contribution is -2.60. The number of ketones is 1. The molecule has 0 N–H and O–H groups in total. The molecule has 0 aliphatic carbocycles. The minimum Gasteiger partial charge on any atom is -0.354 e. The van der Waals surface area contributed by atoms with Gasteiger partial charge < -0.3 is 9.80 Å². The van der Waals surface area contributed by atoms with E-state index >= 15 is 0 Å². The zero-order valence-corrected chi connectivity index (χ0v) is 17.1. The molecule has 6 heteroatoms. The summed E-state index contributed by atoms with van der Waals surface area (Å²) >= 11 is 14.2. The molecule has 1 fully saturated rings.